The average molecular weight is 468 g/mol. The first-order valence-electron chi connectivity index (χ1n) is 10.9. The van der Waals surface area contributed by atoms with Crippen LogP contribution in [0.2, 0.25) is 0 Å². The Morgan fingerprint density at radius 1 is 0.771 bits per heavy atom. The normalized spacial score (nSPS) is 24.2. The Balaban J connectivity index is 1.51. The van der Waals surface area contributed by atoms with E-state index in [0.29, 0.717) is 5.56 Å². The second kappa shape index (κ2) is 7.25. The molecular weight excluding hydrogens is 452 g/mol. The van der Waals surface area contributed by atoms with Crippen molar-refractivity contribution < 1.29 is 28.8 Å². The number of hydrogen-bond donors (Lipinski definition) is 0. The van der Waals surface area contributed by atoms with Gasteiger partial charge in [0.1, 0.15) is 0 Å². The number of carbonyl (C=O) groups is 4. The number of ether oxygens (including phenoxy) is 1. The predicted octanol–water partition coefficient (Wildman–Crippen LogP) is 3.29. The lowest BCUT2D eigenvalue weighted by molar-refractivity contribution is -0.384. The van der Waals surface area contributed by atoms with Crippen LogP contribution in [0.3, 0.4) is 0 Å². The molecule has 172 valence electrons. The Kier molecular flexibility index (Phi) is 4.36. The van der Waals surface area contributed by atoms with E-state index in [1.165, 1.54) is 36.4 Å². The highest BCUT2D eigenvalue weighted by Crippen LogP contribution is 2.57. The molecule has 3 aromatic rings. The summed E-state index contributed by atoms with van der Waals surface area (Å²) in [5.74, 6) is -5.15. The summed E-state index contributed by atoms with van der Waals surface area (Å²) in [7, 11) is 0. The summed E-state index contributed by atoms with van der Waals surface area (Å²) >= 11 is 0. The molecule has 2 fully saturated rings. The number of anilines is 1. The second-order valence-corrected chi connectivity index (χ2v) is 8.68. The predicted molar refractivity (Wildman–Crippen MR) is 121 cm³/mol. The Labute approximate surface area is 198 Å². The number of nitrogens with zero attached hydrogens (tertiary/aromatic N) is 2. The van der Waals surface area contributed by atoms with Crippen molar-refractivity contribution in [3.8, 4) is 0 Å². The lowest BCUT2D eigenvalue weighted by Crippen LogP contribution is -2.51. The number of hydrogen-bond acceptors (Lipinski definition) is 7. The molecule has 35 heavy (non-hydrogen) atoms. The summed E-state index contributed by atoms with van der Waals surface area (Å²) in [6, 6.07) is 19.9. The highest BCUT2D eigenvalue weighted by Gasteiger charge is 2.74. The number of ketones is 2. The van der Waals surface area contributed by atoms with E-state index in [9.17, 15) is 29.3 Å². The molecule has 2 aliphatic heterocycles. The molecule has 6 rings (SSSR count). The standard InChI is InChI=1S/C26H16N2O7/c29-22-17-8-4-5-9-18(17)23(30)26(22)20-19(21(35-26)14-6-2-1-3-7-14)24(31)27(25(20)32)15-10-12-16(13-11-15)28(33)34/h1-13,19-21H/t19-,20+,21+/m0/s1. The Hall–Kier alpha value is -4.50. The number of amides is 2. The van der Waals surface area contributed by atoms with E-state index < -0.39 is 51.8 Å². The Bertz CT molecular complexity index is 1410. The summed E-state index contributed by atoms with van der Waals surface area (Å²) in [5.41, 5.74) is -1.37. The van der Waals surface area contributed by atoms with Crippen molar-refractivity contribution in [2.24, 2.45) is 11.8 Å². The lowest BCUT2D eigenvalue weighted by atomic mass is 9.77. The Morgan fingerprint density at radius 2 is 1.34 bits per heavy atom. The third-order valence-corrected chi connectivity index (χ3v) is 6.97. The van der Waals surface area contributed by atoms with Crippen LogP contribution in [0.4, 0.5) is 11.4 Å². The van der Waals surface area contributed by atoms with Crippen LogP contribution in [0.1, 0.15) is 32.4 Å². The van der Waals surface area contributed by atoms with Crippen molar-refractivity contribution in [2.75, 3.05) is 4.90 Å². The van der Waals surface area contributed by atoms with Gasteiger partial charge in [0.15, 0.2) is 0 Å². The van der Waals surface area contributed by atoms with E-state index in [4.69, 9.17) is 4.74 Å². The zero-order chi connectivity index (χ0) is 24.5. The van der Waals surface area contributed by atoms with Gasteiger partial charge in [-0.05, 0) is 17.7 Å². The fourth-order valence-corrected chi connectivity index (χ4v) is 5.44. The molecule has 0 N–H and O–H groups in total. The number of fused-ring (bicyclic) bond motifs is 3. The third-order valence-electron chi connectivity index (χ3n) is 6.97. The minimum Gasteiger partial charge on any atom is -0.349 e. The van der Waals surface area contributed by atoms with Gasteiger partial charge in [0.2, 0.25) is 29.0 Å². The number of non-ortho nitro benzene ring substituents is 1. The molecule has 0 unspecified atom stereocenters. The molecule has 0 bridgehead atoms. The van der Waals surface area contributed by atoms with E-state index in [2.05, 4.69) is 0 Å². The molecule has 0 radical (unpaired) electrons. The van der Waals surface area contributed by atoms with Crippen molar-refractivity contribution >= 4 is 34.8 Å². The van der Waals surface area contributed by atoms with Gasteiger partial charge in [-0.3, -0.25) is 29.3 Å². The molecule has 0 saturated carbocycles. The molecule has 3 aromatic carbocycles. The first kappa shape index (κ1) is 21.1. The number of nitro groups is 1. The molecule has 2 amide bonds. The monoisotopic (exact) mass is 468 g/mol. The maximum absolute atomic E-state index is 13.8. The molecule has 9 nitrogen and oxygen atoms in total. The topological polar surface area (TPSA) is 124 Å². The number of benzene rings is 3. The molecule has 2 saturated heterocycles. The fraction of sp³-hybridized carbons (Fsp3) is 0.154. The lowest BCUT2D eigenvalue weighted by Gasteiger charge is -2.27. The highest BCUT2D eigenvalue weighted by atomic mass is 16.6. The van der Waals surface area contributed by atoms with Gasteiger partial charge in [-0.15, -0.1) is 0 Å². The molecule has 2 heterocycles. The van der Waals surface area contributed by atoms with Crippen molar-refractivity contribution in [1.29, 1.82) is 0 Å². The van der Waals surface area contributed by atoms with Gasteiger partial charge in [0.05, 0.1) is 28.6 Å². The molecule has 9 heteroatoms. The second-order valence-electron chi connectivity index (χ2n) is 8.68. The van der Waals surface area contributed by atoms with Gasteiger partial charge in [-0.1, -0.05) is 54.6 Å². The number of nitro benzene ring substituents is 1. The molecule has 1 aliphatic carbocycles. The summed E-state index contributed by atoms with van der Waals surface area (Å²) in [5, 5.41) is 11.0. The molecule has 3 atom stereocenters. The third kappa shape index (κ3) is 2.66. The first-order valence-corrected chi connectivity index (χ1v) is 10.9. The van der Waals surface area contributed by atoms with Crippen LogP contribution in [0.5, 0.6) is 0 Å². The van der Waals surface area contributed by atoms with E-state index in [1.54, 1.807) is 42.5 Å². The average Bonchev–Trinajstić information content (AvgIpc) is 3.44. The van der Waals surface area contributed by atoms with Gasteiger partial charge in [0, 0.05) is 23.3 Å². The SMILES string of the molecule is O=C1[C@@H]2[C@@H](c3ccccc3)OC3(C(=O)c4ccccc4C3=O)[C@H]2C(=O)N1c1ccc([N+](=O)[O-])cc1. The van der Waals surface area contributed by atoms with Crippen molar-refractivity contribution in [1.82, 2.24) is 0 Å². The quantitative estimate of drug-likeness (QED) is 0.250. The zero-order valence-electron chi connectivity index (χ0n) is 18.0. The highest BCUT2D eigenvalue weighted by molar-refractivity contribution is 6.37. The van der Waals surface area contributed by atoms with Gasteiger partial charge >= 0.3 is 0 Å². The molecule has 0 aromatic heterocycles. The number of carbonyl (C=O) groups excluding carboxylic acids is 4. The summed E-state index contributed by atoms with van der Waals surface area (Å²) in [4.78, 5) is 66.2. The van der Waals surface area contributed by atoms with Crippen LogP contribution >= 0.6 is 0 Å². The van der Waals surface area contributed by atoms with Crippen molar-refractivity contribution in [3.63, 3.8) is 0 Å². The van der Waals surface area contributed by atoms with Crippen LogP contribution < -0.4 is 4.90 Å². The van der Waals surface area contributed by atoms with E-state index in [1.807, 2.05) is 0 Å². The van der Waals surface area contributed by atoms with Gasteiger partial charge < -0.3 is 4.74 Å². The van der Waals surface area contributed by atoms with E-state index >= 15 is 0 Å². The minimum atomic E-state index is -2.16. The van der Waals surface area contributed by atoms with Crippen LogP contribution in [0.15, 0.2) is 78.9 Å². The van der Waals surface area contributed by atoms with Crippen molar-refractivity contribution in [3.05, 3.63) is 106 Å². The van der Waals surface area contributed by atoms with E-state index in [0.717, 1.165) is 4.90 Å². The van der Waals surface area contributed by atoms with Crippen LogP contribution in [0, 0.1) is 22.0 Å². The van der Waals surface area contributed by atoms with Crippen LogP contribution in [-0.4, -0.2) is 33.9 Å². The van der Waals surface area contributed by atoms with E-state index in [-0.39, 0.29) is 22.5 Å². The zero-order valence-corrected chi connectivity index (χ0v) is 18.0. The number of imide groups is 1. The molecular formula is C26H16N2O7. The smallest absolute Gasteiger partial charge is 0.269 e. The fourth-order valence-electron chi connectivity index (χ4n) is 5.44. The van der Waals surface area contributed by atoms with Crippen LogP contribution in [-0.2, 0) is 14.3 Å². The van der Waals surface area contributed by atoms with Crippen molar-refractivity contribution in [2.45, 2.75) is 11.7 Å². The number of Topliss-reactive ketones (excluding diaryl/α,β-unsaturated/α-hetero) is 2. The maximum Gasteiger partial charge on any atom is 0.269 e. The minimum absolute atomic E-state index is 0.123. The maximum atomic E-state index is 13.8. The van der Waals surface area contributed by atoms with Gasteiger partial charge in [-0.2, -0.15) is 0 Å². The van der Waals surface area contributed by atoms with Crippen LogP contribution in [0.25, 0.3) is 0 Å². The van der Waals surface area contributed by atoms with Gasteiger partial charge in [0.25, 0.3) is 5.69 Å². The Morgan fingerprint density at radius 3 is 1.91 bits per heavy atom. The summed E-state index contributed by atoms with van der Waals surface area (Å²) in [6.45, 7) is 0. The molecule has 1 spiro atoms. The summed E-state index contributed by atoms with van der Waals surface area (Å²) in [6.07, 6.45) is -1.01. The van der Waals surface area contributed by atoms with Gasteiger partial charge in [-0.25, -0.2) is 4.90 Å². The number of rotatable bonds is 3. The molecule has 3 aliphatic rings. The first-order chi connectivity index (χ1) is 16.9. The largest absolute Gasteiger partial charge is 0.349 e. The summed E-state index contributed by atoms with van der Waals surface area (Å²) < 4.78 is 6.19.